The lowest BCUT2D eigenvalue weighted by Crippen LogP contribution is -2.09. The molecular formula is C14H16N2. The first kappa shape index (κ1) is 9.67. The minimum Gasteiger partial charge on any atom is -0.330 e. The number of aryl methyl sites for hydroxylation is 1. The smallest absolute Gasteiger partial charge is 0.0452 e. The normalized spacial score (nSPS) is 18.7. The van der Waals surface area contributed by atoms with Gasteiger partial charge in [0.05, 0.1) is 0 Å². The summed E-state index contributed by atoms with van der Waals surface area (Å²) in [6.45, 7) is 0.774. The first-order valence-corrected chi connectivity index (χ1v) is 5.85. The molecule has 2 nitrogen and oxygen atoms in total. The van der Waals surface area contributed by atoms with Crippen molar-refractivity contribution in [3.05, 3.63) is 53.9 Å². The molecular weight excluding hydrogens is 196 g/mol. The zero-order valence-electron chi connectivity index (χ0n) is 9.26. The van der Waals surface area contributed by atoms with Gasteiger partial charge in [-0.05, 0) is 60.7 Å². The van der Waals surface area contributed by atoms with E-state index in [4.69, 9.17) is 5.73 Å². The standard InChI is InChI=1S/C14H16N2/c15-10-12-4-3-11-9-13(5-6-14(11)12)16-7-1-2-8-16/h1-2,5-9,12H,3-4,10,15H2. The van der Waals surface area contributed by atoms with Gasteiger partial charge >= 0.3 is 0 Å². The molecule has 1 aromatic carbocycles. The third-order valence-corrected chi connectivity index (χ3v) is 3.52. The van der Waals surface area contributed by atoms with Crippen LogP contribution in [0.1, 0.15) is 23.5 Å². The van der Waals surface area contributed by atoms with Gasteiger partial charge in [0.1, 0.15) is 0 Å². The van der Waals surface area contributed by atoms with E-state index >= 15 is 0 Å². The maximum absolute atomic E-state index is 5.78. The van der Waals surface area contributed by atoms with Crippen LogP contribution in [0.4, 0.5) is 0 Å². The van der Waals surface area contributed by atoms with Crippen molar-refractivity contribution >= 4 is 0 Å². The van der Waals surface area contributed by atoms with Gasteiger partial charge in [-0.1, -0.05) is 6.07 Å². The van der Waals surface area contributed by atoms with Crippen LogP contribution in [0.25, 0.3) is 5.69 Å². The maximum Gasteiger partial charge on any atom is 0.0452 e. The highest BCUT2D eigenvalue weighted by molar-refractivity contribution is 5.45. The fourth-order valence-electron chi connectivity index (χ4n) is 2.60. The highest BCUT2D eigenvalue weighted by Crippen LogP contribution is 2.33. The fourth-order valence-corrected chi connectivity index (χ4v) is 2.60. The van der Waals surface area contributed by atoms with E-state index in [2.05, 4.69) is 47.3 Å². The molecule has 0 amide bonds. The Morgan fingerprint density at radius 1 is 1.25 bits per heavy atom. The molecule has 1 heterocycles. The largest absolute Gasteiger partial charge is 0.330 e. The Morgan fingerprint density at radius 3 is 2.81 bits per heavy atom. The summed E-state index contributed by atoms with van der Waals surface area (Å²) >= 11 is 0. The van der Waals surface area contributed by atoms with Crippen molar-refractivity contribution in [3.63, 3.8) is 0 Å². The Balaban J connectivity index is 2.01. The molecule has 0 radical (unpaired) electrons. The summed E-state index contributed by atoms with van der Waals surface area (Å²) in [5.41, 5.74) is 9.96. The summed E-state index contributed by atoms with van der Waals surface area (Å²) in [4.78, 5) is 0. The molecule has 1 aliphatic carbocycles. The average Bonchev–Trinajstić information content (AvgIpc) is 2.97. The minimum atomic E-state index is 0.578. The van der Waals surface area contributed by atoms with Gasteiger partial charge in [-0.15, -0.1) is 0 Å². The molecule has 16 heavy (non-hydrogen) atoms. The van der Waals surface area contributed by atoms with Crippen molar-refractivity contribution in [2.45, 2.75) is 18.8 Å². The predicted molar refractivity (Wildman–Crippen MR) is 65.9 cm³/mol. The van der Waals surface area contributed by atoms with Crippen LogP contribution in [-0.2, 0) is 6.42 Å². The third-order valence-electron chi connectivity index (χ3n) is 3.52. The van der Waals surface area contributed by atoms with Crippen molar-refractivity contribution in [2.24, 2.45) is 5.73 Å². The topological polar surface area (TPSA) is 30.9 Å². The van der Waals surface area contributed by atoms with E-state index in [1.54, 1.807) is 0 Å². The quantitative estimate of drug-likeness (QED) is 0.814. The van der Waals surface area contributed by atoms with Crippen LogP contribution >= 0.6 is 0 Å². The van der Waals surface area contributed by atoms with E-state index in [0.29, 0.717) is 5.92 Å². The second-order valence-electron chi connectivity index (χ2n) is 4.44. The molecule has 0 fully saturated rings. The Hall–Kier alpha value is -1.54. The van der Waals surface area contributed by atoms with Gasteiger partial charge in [-0.3, -0.25) is 0 Å². The van der Waals surface area contributed by atoms with Crippen LogP contribution in [0, 0.1) is 0 Å². The fraction of sp³-hybridized carbons (Fsp3) is 0.286. The summed E-state index contributed by atoms with van der Waals surface area (Å²) in [6.07, 6.45) is 6.54. The van der Waals surface area contributed by atoms with E-state index in [9.17, 15) is 0 Å². The highest BCUT2D eigenvalue weighted by atomic mass is 14.9. The van der Waals surface area contributed by atoms with Crippen LogP contribution in [0.15, 0.2) is 42.7 Å². The molecule has 1 atom stereocenters. The lowest BCUT2D eigenvalue weighted by molar-refractivity contribution is 0.688. The number of benzene rings is 1. The molecule has 82 valence electrons. The maximum atomic E-state index is 5.78. The van der Waals surface area contributed by atoms with Crippen molar-refractivity contribution < 1.29 is 0 Å². The lowest BCUT2D eigenvalue weighted by Gasteiger charge is -2.09. The second-order valence-corrected chi connectivity index (χ2v) is 4.44. The molecule has 1 unspecified atom stereocenters. The number of hydrogen-bond acceptors (Lipinski definition) is 1. The predicted octanol–water partition coefficient (Wildman–Crippen LogP) is 2.47. The van der Waals surface area contributed by atoms with Crippen molar-refractivity contribution in [1.82, 2.24) is 4.57 Å². The van der Waals surface area contributed by atoms with Gasteiger partial charge < -0.3 is 10.3 Å². The molecule has 1 aliphatic rings. The van der Waals surface area contributed by atoms with E-state index in [1.807, 2.05) is 0 Å². The first-order valence-electron chi connectivity index (χ1n) is 5.85. The van der Waals surface area contributed by atoms with Crippen LogP contribution in [0.2, 0.25) is 0 Å². The summed E-state index contributed by atoms with van der Waals surface area (Å²) < 4.78 is 2.15. The Morgan fingerprint density at radius 2 is 2.06 bits per heavy atom. The van der Waals surface area contributed by atoms with Gasteiger partial charge in [-0.2, -0.15) is 0 Å². The number of nitrogens with zero attached hydrogens (tertiary/aromatic N) is 1. The summed E-state index contributed by atoms with van der Waals surface area (Å²) in [5.74, 6) is 0.578. The van der Waals surface area contributed by atoms with E-state index in [-0.39, 0.29) is 0 Å². The molecule has 0 aliphatic heterocycles. The van der Waals surface area contributed by atoms with Crippen LogP contribution < -0.4 is 5.73 Å². The molecule has 3 rings (SSSR count). The Kier molecular flexibility index (Phi) is 2.29. The molecule has 2 N–H and O–H groups in total. The Labute approximate surface area is 95.7 Å². The van der Waals surface area contributed by atoms with Gasteiger partial charge in [-0.25, -0.2) is 0 Å². The lowest BCUT2D eigenvalue weighted by atomic mass is 10.0. The summed E-state index contributed by atoms with van der Waals surface area (Å²) in [7, 11) is 0. The molecule has 0 spiro atoms. The summed E-state index contributed by atoms with van der Waals surface area (Å²) in [6, 6.07) is 10.8. The van der Waals surface area contributed by atoms with Gasteiger partial charge in [0, 0.05) is 18.1 Å². The number of nitrogens with two attached hydrogens (primary N) is 1. The molecule has 0 bridgehead atoms. The third kappa shape index (κ3) is 1.46. The number of aromatic nitrogens is 1. The van der Waals surface area contributed by atoms with Crippen LogP contribution in [-0.4, -0.2) is 11.1 Å². The SMILES string of the molecule is NCC1CCc2cc(-n3cccc3)ccc21. The minimum absolute atomic E-state index is 0.578. The molecule has 0 saturated heterocycles. The average molecular weight is 212 g/mol. The molecule has 2 aromatic rings. The number of rotatable bonds is 2. The van der Waals surface area contributed by atoms with Crippen molar-refractivity contribution in [2.75, 3.05) is 6.54 Å². The van der Waals surface area contributed by atoms with Crippen molar-refractivity contribution in [3.8, 4) is 5.69 Å². The Bertz CT molecular complexity index is 485. The zero-order valence-corrected chi connectivity index (χ0v) is 9.26. The van der Waals surface area contributed by atoms with Crippen LogP contribution in [0.5, 0.6) is 0 Å². The highest BCUT2D eigenvalue weighted by Gasteiger charge is 2.21. The van der Waals surface area contributed by atoms with E-state index in [1.165, 1.54) is 29.7 Å². The zero-order chi connectivity index (χ0) is 11.0. The first-order chi connectivity index (χ1) is 7.88. The van der Waals surface area contributed by atoms with E-state index < -0.39 is 0 Å². The molecule has 1 aromatic heterocycles. The molecule has 2 heteroatoms. The molecule has 0 saturated carbocycles. The van der Waals surface area contributed by atoms with Crippen molar-refractivity contribution in [1.29, 1.82) is 0 Å². The van der Waals surface area contributed by atoms with Gasteiger partial charge in [0.2, 0.25) is 0 Å². The van der Waals surface area contributed by atoms with Gasteiger partial charge in [0.25, 0.3) is 0 Å². The number of fused-ring (bicyclic) bond motifs is 1. The second kappa shape index (κ2) is 3.80. The van der Waals surface area contributed by atoms with Gasteiger partial charge in [0.15, 0.2) is 0 Å². The summed E-state index contributed by atoms with van der Waals surface area (Å²) in [5, 5.41) is 0. The monoisotopic (exact) mass is 212 g/mol. The number of hydrogen-bond donors (Lipinski definition) is 1. The van der Waals surface area contributed by atoms with E-state index in [0.717, 1.165) is 6.54 Å². The van der Waals surface area contributed by atoms with Crippen LogP contribution in [0.3, 0.4) is 0 Å².